The number of rotatable bonds is 8. The van der Waals surface area contributed by atoms with Gasteiger partial charge in [0.25, 0.3) is 0 Å². The SMILES string of the molecule is COc1nn(-c2cccc(Oc3ccc4c5ccccc5n(-c5cc(C)ccn5)c4c3)c2)c(CCS)c1-c1ccccc1. The van der Waals surface area contributed by atoms with Gasteiger partial charge in [-0.1, -0.05) is 54.6 Å². The maximum Gasteiger partial charge on any atom is 0.241 e. The highest BCUT2D eigenvalue weighted by Crippen LogP contribution is 2.37. The van der Waals surface area contributed by atoms with Crippen LogP contribution in [0.3, 0.4) is 0 Å². The van der Waals surface area contributed by atoms with E-state index in [9.17, 15) is 0 Å². The third kappa shape index (κ3) is 4.91. The third-order valence-corrected chi connectivity index (χ3v) is 7.85. The third-order valence-electron chi connectivity index (χ3n) is 7.63. The van der Waals surface area contributed by atoms with Gasteiger partial charge < -0.3 is 9.47 Å². The van der Waals surface area contributed by atoms with E-state index in [2.05, 4.69) is 78.7 Å². The molecule has 7 heteroatoms. The second-order valence-electron chi connectivity index (χ2n) is 10.4. The lowest BCUT2D eigenvalue weighted by molar-refractivity contribution is 0.395. The molecule has 0 bridgehead atoms. The lowest BCUT2D eigenvalue weighted by Gasteiger charge is -2.12. The van der Waals surface area contributed by atoms with E-state index in [4.69, 9.17) is 19.6 Å². The minimum atomic E-state index is 0.581. The summed E-state index contributed by atoms with van der Waals surface area (Å²) in [5.74, 6) is 3.58. The summed E-state index contributed by atoms with van der Waals surface area (Å²) in [5, 5.41) is 7.17. The van der Waals surface area contributed by atoms with E-state index >= 15 is 0 Å². The monoisotopic (exact) mass is 582 g/mol. The molecule has 0 fully saturated rings. The molecule has 3 aromatic heterocycles. The maximum absolute atomic E-state index is 6.49. The van der Waals surface area contributed by atoms with Crippen molar-refractivity contribution in [3.63, 3.8) is 0 Å². The highest BCUT2D eigenvalue weighted by atomic mass is 32.1. The van der Waals surface area contributed by atoms with Gasteiger partial charge in [-0.2, -0.15) is 12.6 Å². The van der Waals surface area contributed by atoms with Crippen LogP contribution in [0.1, 0.15) is 11.3 Å². The van der Waals surface area contributed by atoms with Crippen LogP contribution in [0.2, 0.25) is 0 Å². The molecule has 212 valence electrons. The molecule has 0 spiro atoms. The second-order valence-corrected chi connectivity index (χ2v) is 10.9. The van der Waals surface area contributed by atoms with E-state index < -0.39 is 0 Å². The predicted molar refractivity (Wildman–Crippen MR) is 176 cm³/mol. The summed E-state index contributed by atoms with van der Waals surface area (Å²) in [6, 6.07) is 36.9. The van der Waals surface area contributed by atoms with Crippen LogP contribution in [-0.2, 0) is 6.42 Å². The van der Waals surface area contributed by atoms with E-state index in [0.29, 0.717) is 17.4 Å². The van der Waals surface area contributed by atoms with Crippen molar-refractivity contribution < 1.29 is 9.47 Å². The average Bonchev–Trinajstić information content (AvgIpc) is 3.57. The van der Waals surface area contributed by atoms with Crippen molar-refractivity contribution in [2.75, 3.05) is 12.9 Å². The Balaban J connectivity index is 1.30. The molecule has 7 rings (SSSR count). The van der Waals surface area contributed by atoms with Crippen LogP contribution >= 0.6 is 12.6 Å². The Bertz CT molecular complexity index is 2080. The number of fused-ring (bicyclic) bond motifs is 3. The molecular weight excluding hydrogens is 552 g/mol. The number of pyridine rings is 1. The quantitative estimate of drug-likeness (QED) is 0.182. The van der Waals surface area contributed by atoms with Crippen LogP contribution in [-0.4, -0.2) is 32.2 Å². The Morgan fingerprint density at radius 2 is 1.56 bits per heavy atom. The number of para-hydroxylation sites is 1. The van der Waals surface area contributed by atoms with E-state index in [-0.39, 0.29) is 0 Å². The van der Waals surface area contributed by atoms with Crippen molar-refractivity contribution >= 4 is 34.4 Å². The van der Waals surface area contributed by atoms with Crippen molar-refractivity contribution in [2.45, 2.75) is 13.3 Å². The van der Waals surface area contributed by atoms with Crippen LogP contribution in [0.15, 0.2) is 115 Å². The summed E-state index contributed by atoms with van der Waals surface area (Å²) < 4.78 is 16.4. The molecule has 0 atom stereocenters. The predicted octanol–water partition coefficient (Wildman–Crippen LogP) is 8.61. The zero-order chi connectivity index (χ0) is 29.3. The van der Waals surface area contributed by atoms with Crippen LogP contribution < -0.4 is 9.47 Å². The van der Waals surface area contributed by atoms with E-state index in [1.807, 2.05) is 65.5 Å². The molecule has 0 aliphatic rings. The Hall–Kier alpha value is -5.01. The number of ether oxygens (including phenoxy) is 2. The standard InChI is InChI=1S/C36H30N4O2S/c1-24-17-19-37-34(21-24)39-31-14-7-6-13-29(31)30-16-15-28(23-33(30)39)42-27-12-8-11-26(22-27)40-32(18-20-43)35(36(38-40)41-2)25-9-4-3-5-10-25/h3-17,19,21-23,43H,18,20H2,1-2H3. The first-order valence-electron chi connectivity index (χ1n) is 14.2. The number of methoxy groups -OCH3 is 1. The normalized spacial score (nSPS) is 11.3. The highest BCUT2D eigenvalue weighted by Gasteiger charge is 2.21. The molecular formula is C36H30N4O2S. The summed E-state index contributed by atoms with van der Waals surface area (Å²) >= 11 is 4.55. The molecule has 7 aromatic rings. The molecule has 0 saturated carbocycles. The molecule has 0 amide bonds. The Morgan fingerprint density at radius 3 is 2.37 bits per heavy atom. The van der Waals surface area contributed by atoms with Crippen LogP contribution in [0, 0.1) is 6.92 Å². The first-order chi connectivity index (χ1) is 21.1. The van der Waals surface area contributed by atoms with Gasteiger partial charge in [0.1, 0.15) is 17.3 Å². The van der Waals surface area contributed by atoms with E-state index in [1.165, 1.54) is 5.39 Å². The molecule has 0 radical (unpaired) electrons. The summed E-state index contributed by atoms with van der Waals surface area (Å²) in [5.41, 5.74) is 7.25. The van der Waals surface area contributed by atoms with Crippen molar-refractivity contribution in [3.8, 4) is 40.0 Å². The fraction of sp³-hybridized carbons (Fsp3) is 0.111. The first-order valence-corrected chi connectivity index (χ1v) is 14.8. The number of hydrogen-bond acceptors (Lipinski definition) is 5. The largest absolute Gasteiger partial charge is 0.479 e. The smallest absolute Gasteiger partial charge is 0.241 e. The van der Waals surface area contributed by atoms with Gasteiger partial charge in [0.05, 0.1) is 35.1 Å². The number of benzene rings is 4. The van der Waals surface area contributed by atoms with Gasteiger partial charge in [-0.3, -0.25) is 4.57 Å². The first kappa shape index (κ1) is 26.9. The van der Waals surface area contributed by atoms with Gasteiger partial charge in [-0.05, 0) is 72.7 Å². The zero-order valence-electron chi connectivity index (χ0n) is 23.9. The number of thiol groups is 1. The van der Waals surface area contributed by atoms with Gasteiger partial charge >= 0.3 is 0 Å². The van der Waals surface area contributed by atoms with E-state index in [0.717, 1.165) is 62.5 Å². The van der Waals surface area contributed by atoms with Gasteiger partial charge in [0, 0.05) is 29.1 Å². The average molecular weight is 583 g/mol. The lowest BCUT2D eigenvalue weighted by atomic mass is 10.0. The van der Waals surface area contributed by atoms with Crippen LogP contribution in [0.5, 0.6) is 17.4 Å². The fourth-order valence-corrected chi connectivity index (χ4v) is 5.95. The second kappa shape index (κ2) is 11.3. The topological polar surface area (TPSA) is 54.1 Å². The number of aryl methyl sites for hydroxylation is 1. The molecule has 3 heterocycles. The molecule has 0 unspecified atom stereocenters. The Kier molecular flexibility index (Phi) is 7.09. The molecule has 0 aliphatic heterocycles. The molecule has 0 aliphatic carbocycles. The highest BCUT2D eigenvalue weighted by molar-refractivity contribution is 7.80. The molecule has 6 nitrogen and oxygen atoms in total. The summed E-state index contributed by atoms with van der Waals surface area (Å²) in [7, 11) is 1.66. The summed E-state index contributed by atoms with van der Waals surface area (Å²) in [6.07, 6.45) is 2.58. The van der Waals surface area contributed by atoms with E-state index in [1.54, 1.807) is 7.11 Å². The minimum Gasteiger partial charge on any atom is -0.479 e. The van der Waals surface area contributed by atoms with Gasteiger partial charge in [0.2, 0.25) is 5.88 Å². The van der Waals surface area contributed by atoms with Gasteiger partial charge in [0.15, 0.2) is 0 Å². The molecule has 0 saturated heterocycles. The zero-order valence-corrected chi connectivity index (χ0v) is 24.8. The maximum atomic E-state index is 6.49. The van der Waals surface area contributed by atoms with Crippen molar-refractivity contribution in [2.24, 2.45) is 0 Å². The molecule has 0 N–H and O–H groups in total. The molecule has 4 aromatic carbocycles. The van der Waals surface area contributed by atoms with Crippen molar-refractivity contribution in [3.05, 3.63) is 127 Å². The van der Waals surface area contributed by atoms with Gasteiger partial charge in [-0.15, -0.1) is 5.10 Å². The minimum absolute atomic E-state index is 0.581. The van der Waals surface area contributed by atoms with Crippen molar-refractivity contribution in [1.82, 2.24) is 19.3 Å². The Labute approximate surface area is 255 Å². The lowest BCUT2D eigenvalue weighted by Crippen LogP contribution is -2.04. The van der Waals surface area contributed by atoms with Gasteiger partial charge in [-0.25, -0.2) is 9.67 Å². The number of nitrogens with zero attached hydrogens (tertiary/aromatic N) is 4. The Morgan fingerprint density at radius 1 is 0.767 bits per heavy atom. The number of hydrogen-bond donors (Lipinski definition) is 1. The fourth-order valence-electron chi connectivity index (χ4n) is 5.74. The molecule has 43 heavy (non-hydrogen) atoms. The van der Waals surface area contributed by atoms with Crippen LogP contribution in [0.25, 0.3) is 44.4 Å². The number of aromatic nitrogens is 4. The van der Waals surface area contributed by atoms with Crippen molar-refractivity contribution in [1.29, 1.82) is 0 Å². The summed E-state index contributed by atoms with van der Waals surface area (Å²) in [4.78, 5) is 4.70. The van der Waals surface area contributed by atoms with Crippen LogP contribution in [0.4, 0.5) is 0 Å². The summed E-state index contributed by atoms with van der Waals surface area (Å²) in [6.45, 7) is 2.08.